The summed E-state index contributed by atoms with van der Waals surface area (Å²) in [5.74, 6) is 0.0965. The summed E-state index contributed by atoms with van der Waals surface area (Å²) in [6.07, 6.45) is 6.58. The van der Waals surface area contributed by atoms with Gasteiger partial charge in [0.15, 0.2) is 0 Å². The Morgan fingerprint density at radius 3 is 2.44 bits per heavy atom. The van der Waals surface area contributed by atoms with Crippen LogP contribution in [0.2, 0.25) is 0 Å². The van der Waals surface area contributed by atoms with Crippen LogP contribution in [0.25, 0.3) is 0 Å². The number of hydrogen-bond acceptors (Lipinski definition) is 7. The maximum Gasteiger partial charge on any atom is 0.252 e. The molecule has 0 radical (unpaired) electrons. The molecule has 148 valence electrons. The average molecular weight is 417 g/mol. The summed E-state index contributed by atoms with van der Waals surface area (Å²) in [4.78, 5) is 24.1. The number of aliphatic hydroxyl groups excluding tert-OH is 2. The second kappa shape index (κ2) is 10.4. The molecule has 0 spiro atoms. The molecule has 3 rings (SSSR count). The maximum absolute atomic E-state index is 12.2. The molecular weight excluding hydrogens is 395 g/mol. The largest absolute Gasteiger partial charge is 0.476 e. The molecular formula is C17H22Cl2N4O4. The highest BCUT2D eigenvalue weighted by atomic mass is 35.5. The molecule has 1 unspecified atom stereocenters. The first-order valence-electron chi connectivity index (χ1n) is 8.01. The van der Waals surface area contributed by atoms with Crippen LogP contribution in [-0.2, 0) is 0 Å². The predicted molar refractivity (Wildman–Crippen MR) is 102 cm³/mol. The van der Waals surface area contributed by atoms with Gasteiger partial charge in [-0.2, -0.15) is 0 Å². The van der Waals surface area contributed by atoms with Gasteiger partial charge in [0.1, 0.15) is 0 Å². The molecule has 1 fully saturated rings. The lowest BCUT2D eigenvalue weighted by atomic mass is 9.86. The van der Waals surface area contributed by atoms with Gasteiger partial charge < -0.3 is 20.3 Å². The summed E-state index contributed by atoms with van der Waals surface area (Å²) < 4.78 is 5.67. The fourth-order valence-electron chi connectivity index (χ4n) is 3.01. The first kappa shape index (κ1) is 23.0. The topological polar surface area (TPSA) is 117 Å². The normalized spacial score (nSPS) is 23.6. The number of aromatic nitrogens is 3. The van der Waals surface area contributed by atoms with Crippen LogP contribution in [0, 0.1) is 5.41 Å². The number of pyridine rings is 1. The lowest BCUT2D eigenvalue weighted by molar-refractivity contribution is 0.0438. The van der Waals surface area contributed by atoms with Crippen molar-refractivity contribution in [3.8, 4) is 5.88 Å². The van der Waals surface area contributed by atoms with E-state index in [0.29, 0.717) is 24.3 Å². The molecule has 0 bridgehead atoms. The van der Waals surface area contributed by atoms with E-state index in [2.05, 4.69) is 20.3 Å². The summed E-state index contributed by atoms with van der Waals surface area (Å²) in [5.41, 5.74) is -0.139. The van der Waals surface area contributed by atoms with Crippen molar-refractivity contribution in [3.05, 3.63) is 48.7 Å². The summed E-state index contributed by atoms with van der Waals surface area (Å²) >= 11 is 0. The van der Waals surface area contributed by atoms with Crippen LogP contribution in [0.4, 0.5) is 0 Å². The Balaban J connectivity index is 0.00000182. The Labute approximate surface area is 169 Å². The minimum absolute atomic E-state index is 0. The van der Waals surface area contributed by atoms with Crippen LogP contribution in [0.5, 0.6) is 5.88 Å². The summed E-state index contributed by atoms with van der Waals surface area (Å²) in [6.45, 7) is 0.461. The molecule has 0 aromatic carbocycles. The smallest absolute Gasteiger partial charge is 0.252 e. The third-order valence-electron chi connectivity index (χ3n) is 4.34. The van der Waals surface area contributed by atoms with Crippen molar-refractivity contribution in [2.45, 2.75) is 25.0 Å². The van der Waals surface area contributed by atoms with Gasteiger partial charge in [-0.1, -0.05) is 0 Å². The van der Waals surface area contributed by atoms with E-state index >= 15 is 0 Å². The number of rotatable bonds is 6. The number of nitrogens with zero attached hydrogens (tertiary/aromatic N) is 3. The SMILES string of the molecule is Cl.Cl.O=C(NCC1(COc2cnccn2)C[C@@H](O)[C@@H](O)C1)c1cccnc1. The van der Waals surface area contributed by atoms with Crippen molar-refractivity contribution in [1.82, 2.24) is 20.3 Å². The number of hydrogen-bond donors (Lipinski definition) is 3. The highest BCUT2D eigenvalue weighted by Crippen LogP contribution is 2.38. The van der Waals surface area contributed by atoms with Crippen LogP contribution >= 0.6 is 24.8 Å². The van der Waals surface area contributed by atoms with E-state index in [1.165, 1.54) is 18.6 Å². The number of carbonyl (C=O) groups is 1. The summed E-state index contributed by atoms with van der Waals surface area (Å²) in [5, 5.41) is 22.8. The van der Waals surface area contributed by atoms with Crippen molar-refractivity contribution in [1.29, 1.82) is 0 Å². The second-order valence-electron chi connectivity index (χ2n) is 6.30. The van der Waals surface area contributed by atoms with E-state index in [-0.39, 0.29) is 43.9 Å². The van der Waals surface area contributed by atoms with Gasteiger partial charge in [-0.15, -0.1) is 24.8 Å². The van der Waals surface area contributed by atoms with E-state index in [4.69, 9.17) is 4.74 Å². The lowest BCUT2D eigenvalue weighted by Crippen LogP contribution is -2.40. The van der Waals surface area contributed by atoms with Crippen LogP contribution in [0.15, 0.2) is 43.1 Å². The molecule has 8 nitrogen and oxygen atoms in total. The van der Waals surface area contributed by atoms with Gasteiger partial charge in [0.25, 0.3) is 5.91 Å². The van der Waals surface area contributed by atoms with Gasteiger partial charge in [-0.05, 0) is 25.0 Å². The van der Waals surface area contributed by atoms with Crippen molar-refractivity contribution in [2.75, 3.05) is 13.2 Å². The van der Waals surface area contributed by atoms with E-state index in [9.17, 15) is 15.0 Å². The molecule has 0 saturated heterocycles. The Kier molecular flexibility index (Phi) is 8.84. The molecule has 3 N–H and O–H groups in total. The minimum Gasteiger partial charge on any atom is -0.476 e. The fourth-order valence-corrected chi connectivity index (χ4v) is 3.01. The molecule has 2 aromatic heterocycles. The molecule has 3 atom stereocenters. The summed E-state index contributed by atoms with van der Waals surface area (Å²) in [6, 6.07) is 3.36. The Morgan fingerprint density at radius 2 is 1.85 bits per heavy atom. The van der Waals surface area contributed by atoms with E-state index < -0.39 is 17.6 Å². The molecule has 27 heavy (non-hydrogen) atoms. The fraction of sp³-hybridized carbons (Fsp3) is 0.412. The van der Waals surface area contributed by atoms with E-state index in [0.717, 1.165) is 0 Å². The van der Waals surface area contributed by atoms with Gasteiger partial charge in [-0.3, -0.25) is 14.8 Å². The standard InChI is InChI=1S/C17H20N4O4.2ClH/c22-13-6-17(7-14(13)23,11-25-15-9-19-4-5-20-15)10-21-16(24)12-2-1-3-18-8-12;;/h1-5,8-9,13-14,22-23H,6-7,10-11H2,(H,21,24);2*1H/t13-,14+,17?;;. The third-order valence-corrected chi connectivity index (χ3v) is 4.34. The lowest BCUT2D eigenvalue weighted by Gasteiger charge is -2.28. The van der Waals surface area contributed by atoms with Crippen LogP contribution in [0.1, 0.15) is 23.2 Å². The first-order valence-corrected chi connectivity index (χ1v) is 8.01. The van der Waals surface area contributed by atoms with Gasteiger partial charge in [-0.25, -0.2) is 4.98 Å². The zero-order chi connectivity index (χ0) is 17.7. The highest BCUT2D eigenvalue weighted by Gasteiger charge is 2.45. The molecule has 1 aliphatic rings. The van der Waals surface area contributed by atoms with Gasteiger partial charge in [0.05, 0.1) is 30.6 Å². The monoisotopic (exact) mass is 416 g/mol. The molecule has 2 heterocycles. The zero-order valence-electron chi connectivity index (χ0n) is 14.4. The summed E-state index contributed by atoms with van der Waals surface area (Å²) in [7, 11) is 0. The van der Waals surface area contributed by atoms with Gasteiger partial charge in [0.2, 0.25) is 5.88 Å². The molecule has 0 aliphatic heterocycles. The average Bonchev–Trinajstić information content (AvgIpc) is 2.94. The van der Waals surface area contributed by atoms with Crippen molar-refractivity contribution >= 4 is 30.7 Å². The van der Waals surface area contributed by atoms with Crippen molar-refractivity contribution in [3.63, 3.8) is 0 Å². The first-order chi connectivity index (χ1) is 12.1. The van der Waals surface area contributed by atoms with Crippen LogP contribution in [-0.4, -0.2) is 56.4 Å². The van der Waals surface area contributed by atoms with Crippen molar-refractivity contribution in [2.24, 2.45) is 5.41 Å². The van der Waals surface area contributed by atoms with Gasteiger partial charge in [0, 0.05) is 36.7 Å². The second-order valence-corrected chi connectivity index (χ2v) is 6.30. The molecule has 10 heteroatoms. The maximum atomic E-state index is 12.2. The van der Waals surface area contributed by atoms with Crippen LogP contribution in [0.3, 0.4) is 0 Å². The number of halogens is 2. The number of ether oxygens (including phenoxy) is 1. The van der Waals surface area contributed by atoms with Gasteiger partial charge >= 0.3 is 0 Å². The predicted octanol–water partition coefficient (Wildman–Crippen LogP) is 1.03. The molecule has 1 aliphatic carbocycles. The molecule has 1 saturated carbocycles. The Morgan fingerprint density at radius 1 is 1.15 bits per heavy atom. The zero-order valence-corrected chi connectivity index (χ0v) is 16.0. The van der Waals surface area contributed by atoms with E-state index in [1.807, 2.05) is 0 Å². The highest BCUT2D eigenvalue weighted by molar-refractivity contribution is 5.93. The van der Waals surface area contributed by atoms with E-state index in [1.54, 1.807) is 24.5 Å². The Hall–Kier alpha value is -2.00. The third kappa shape index (κ3) is 6.00. The minimum atomic E-state index is -0.847. The number of carbonyl (C=O) groups excluding carboxylic acids is 1. The number of aliphatic hydroxyl groups is 2. The Bertz CT molecular complexity index is 699. The number of amides is 1. The van der Waals surface area contributed by atoms with Crippen LogP contribution < -0.4 is 10.1 Å². The van der Waals surface area contributed by atoms with Crippen molar-refractivity contribution < 1.29 is 19.7 Å². The number of nitrogens with one attached hydrogen (secondary N) is 1. The quantitative estimate of drug-likeness (QED) is 0.643. The molecule has 2 aromatic rings. The molecule has 1 amide bonds.